The van der Waals surface area contributed by atoms with Gasteiger partial charge in [0.25, 0.3) is 0 Å². The highest BCUT2D eigenvalue weighted by atomic mass is 16.4. The number of carboxylic acid groups (broad SMARTS) is 1. The van der Waals surface area contributed by atoms with E-state index in [9.17, 15) is 14.7 Å². The van der Waals surface area contributed by atoms with Crippen LogP contribution in [0.25, 0.3) is 0 Å². The van der Waals surface area contributed by atoms with Crippen molar-refractivity contribution in [1.82, 2.24) is 9.78 Å². The van der Waals surface area contributed by atoms with Gasteiger partial charge in [0.15, 0.2) is 0 Å². The summed E-state index contributed by atoms with van der Waals surface area (Å²) in [5, 5.41) is 17.9. The molecule has 0 aromatic carbocycles. The highest BCUT2D eigenvalue weighted by Crippen LogP contribution is 2.44. The van der Waals surface area contributed by atoms with Crippen molar-refractivity contribution in [2.75, 3.05) is 5.32 Å². The summed E-state index contributed by atoms with van der Waals surface area (Å²) in [7, 11) is 1.76. The van der Waals surface area contributed by atoms with Crippen molar-refractivity contribution < 1.29 is 14.7 Å². The standard InChI is InChI=1S/C14H21N3O3/c1-10-7-11(17(2)16-10)15-12(18)8-14(9-13(19)20)5-3-4-6-14/h7H,3-6,8-9H2,1-2H3,(H,15,18)(H,19,20)/p-1. The fourth-order valence-electron chi connectivity index (χ4n) is 3.10. The molecule has 1 aliphatic rings. The van der Waals surface area contributed by atoms with Gasteiger partial charge in [-0.25, -0.2) is 0 Å². The number of aromatic nitrogens is 2. The first-order valence-electron chi connectivity index (χ1n) is 6.91. The topological polar surface area (TPSA) is 87.0 Å². The maximum atomic E-state index is 12.2. The van der Waals surface area contributed by atoms with Crippen LogP contribution in [0.5, 0.6) is 0 Å². The molecular formula is C14H20N3O3-. The third kappa shape index (κ3) is 3.37. The summed E-state index contributed by atoms with van der Waals surface area (Å²) in [6, 6.07) is 1.79. The average Bonchev–Trinajstić information content (AvgIpc) is 2.86. The summed E-state index contributed by atoms with van der Waals surface area (Å²) in [5.41, 5.74) is 0.393. The number of carbonyl (C=O) groups is 2. The molecule has 1 fully saturated rings. The Hall–Kier alpha value is -1.85. The lowest BCUT2D eigenvalue weighted by Crippen LogP contribution is -2.33. The average molecular weight is 278 g/mol. The van der Waals surface area contributed by atoms with Crippen LogP contribution in [-0.4, -0.2) is 21.7 Å². The quantitative estimate of drug-likeness (QED) is 0.861. The highest BCUT2D eigenvalue weighted by molar-refractivity contribution is 5.90. The highest BCUT2D eigenvalue weighted by Gasteiger charge is 2.36. The van der Waals surface area contributed by atoms with Crippen molar-refractivity contribution in [3.63, 3.8) is 0 Å². The van der Waals surface area contributed by atoms with Gasteiger partial charge in [-0.3, -0.25) is 9.48 Å². The van der Waals surface area contributed by atoms with Crippen LogP contribution >= 0.6 is 0 Å². The largest absolute Gasteiger partial charge is 0.550 e. The monoisotopic (exact) mass is 278 g/mol. The van der Waals surface area contributed by atoms with E-state index in [1.807, 2.05) is 6.92 Å². The number of hydrogen-bond acceptors (Lipinski definition) is 4. The van der Waals surface area contributed by atoms with Gasteiger partial charge in [0.1, 0.15) is 5.82 Å². The molecule has 1 N–H and O–H groups in total. The molecule has 1 aromatic rings. The molecule has 1 aliphatic carbocycles. The Bertz CT molecular complexity index is 516. The Kier molecular flexibility index (Phi) is 4.11. The van der Waals surface area contributed by atoms with Gasteiger partial charge in [0.2, 0.25) is 5.91 Å². The van der Waals surface area contributed by atoms with Gasteiger partial charge in [0.05, 0.1) is 5.69 Å². The minimum atomic E-state index is -1.07. The van der Waals surface area contributed by atoms with E-state index in [2.05, 4.69) is 10.4 Å². The molecule has 0 spiro atoms. The summed E-state index contributed by atoms with van der Waals surface area (Å²) < 4.78 is 1.60. The molecule has 0 aliphatic heterocycles. The Morgan fingerprint density at radius 1 is 1.40 bits per heavy atom. The van der Waals surface area contributed by atoms with Crippen LogP contribution in [0.3, 0.4) is 0 Å². The van der Waals surface area contributed by atoms with Crippen molar-refractivity contribution in [2.45, 2.75) is 45.4 Å². The van der Waals surface area contributed by atoms with Crippen molar-refractivity contribution in [3.05, 3.63) is 11.8 Å². The molecule has 20 heavy (non-hydrogen) atoms. The van der Waals surface area contributed by atoms with Gasteiger partial charge in [-0.05, 0) is 31.6 Å². The van der Waals surface area contributed by atoms with Crippen molar-refractivity contribution in [3.8, 4) is 0 Å². The SMILES string of the molecule is Cc1cc(NC(=O)CC2(CC(=O)[O-])CCCC2)n(C)n1. The van der Waals surface area contributed by atoms with Gasteiger partial charge in [-0.15, -0.1) is 0 Å². The molecule has 6 nitrogen and oxygen atoms in total. The van der Waals surface area contributed by atoms with E-state index in [0.29, 0.717) is 5.82 Å². The van der Waals surface area contributed by atoms with Crippen LogP contribution < -0.4 is 10.4 Å². The maximum absolute atomic E-state index is 12.2. The first kappa shape index (κ1) is 14.6. The number of rotatable bonds is 5. The van der Waals surface area contributed by atoms with E-state index in [1.54, 1.807) is 17.8 Å². The number of hydrogen-bond donors (Lipinski definition) is 1. The van der Waals surface area contributed by atoms with Crippen molar-refractivity contribution >= 4 is 17.7 Å². The minimum Gasteiger partial charge on any atom is -0.550 e. The first-order valence-corrected chi connectivity index (χ1v) is 6.91. The van der Waals surface area contributed by atoms with Crippen LogP contribution in [0.1, 0.15) is 44.2 Å². The number of aryl methyl sites for hydroxylation is 2. The fraction of sp³-hybridized carbons (Fsp3) is 0.643. The van der Waals surface area contributed by atoms with Gasteiger partial charge < -0.3 is 15.2 Å². The van der Waals surface area contributed by atoms with E-state index in [0.717, 1.165) is 31.4 Å². The summed E-state index contributed by atoms with van der Waals surface area (Å²) >= 11 is 0. The zero-order valence-corrected chi connectivity index (χ0v) is 11.9. The molecule has 0 radical (unpaired) electrons. The fourth-order valence-corrected chi connectivity index (χ4v) is 3.10. The van der Waals surface area contributed by atoms with Gasteiger partial charge >= 0.3 is 0 Å². The minimum absolute atomic E-state index is 0.0369. The molecule has 1 aromatic heterocycles. The summed E-state index contributed by atoms with van der Waals surface area (Å²) in [5.74, 6) is -0.596. The number of nitrogens with zero attached hydrogens (tertiary/aromatic N) is 2. The maximum Gasteiger partial charge on any atom is 0.226 e. The molecule has 110 valence electrons. The molecule has 0 unspecified atom stereocenters. The molecule has 6 heteroatoms. The number of amides is 1. The van der Waals surface area contributed by atoms with E-state index >= 15 is 0 Å². The summed E-state index contributed by atoms with van der Waals surface area (Å²) in [4.78, 5) is 23.1. The predicted octanol–water partition coefficient (Wildman–Crippen LogP) is 0.758. The van der Waals surface area contributed by atoms with E-state index in [-0.39, 0.29) is 18.7 Å². The lowest BCUT2D eigenvalue weighted by molar-refractivity contribution is -0.308. The van der Waals surface area contributed by atoms with Crippen LogP contribution in [0.15, 0.2) is 6.07 Å². The molecule has 0 atom stereocenters. The molecule has 0 bridgehead atoms. The van der Waals surface area contributed by atoms with Crippen LogP contribution in [0.4, 0.5) is 5.82 Å². The van der Waals surface area contributed by atoms with E-state index < -0.39 is 11.4 Å². The second kappa shape index (κ2) is 5.64. The van der Waals surface area contributed by atoms with Crippen molar-refractivity contribution in [2.24, 2.45) is 12.5 Å². The van der Waals surface area contributed by atoms with Crippen LogP contribution in [-0.2, 0) is 16.6 Å². The molecule has 1 amide bonds. The first-order chi connectivity index (χ1) is 9.40. The summed E-state index contributed by atoms with van der Waals surface area (Å²) in [6.45, 7) is 1.85. The number of aliphatic carboxylic acids is 1. The van der Waals surface area contributed by atoms with E-state index in [4.69, 9.17) is 0 Å². The number of anilines is 1. The van der Waals surface area contributed by atoms with Crippen LogP contribution in [0, 0.1) is 12.3 Å². The molecule has 1 saturated carbocycles. The second-order valence-corrected chi connectivity index (χ2v) is 5.78. The predicted molar refractivity (Wildman–Crippen MR) is 71.7 cm³/mol. The van der Waals surface area contributed by atoms with E-state index in [1.165, 1.54) is 0 Å². The Morgan fingerprint density at radius 3 is 2.55 bits per heavy atom. The second-order valence-electron chi connectivity index (χ2n) is 5.78. The van der Waals surface area contributed by atoms with Gasteiger partial charge in [-0.1, -0.05) is 12.8 Å². The van der Waals surface area contributed by atoms with Crippen molar-refractivity contribution in [1.29, 1.82) is 0 Å². The molecule has 0 saturated heterocycles. The molecular weight excluding hydrogens is 258 g/mol. The zero-order valence-electron chi connectivity index (χ0n) is 11.9. The Morgan fingerprint density at radius 2 is 2.05 bits per heavy atom. The normalized spacial score (nSPS) is 17.1. The third-order valence-electron chi connectivity index (χ3n) is 3.99. The number of carboxylic acids is 1. The lowest BCUT2D eigenvalue weighted by atomic mass is 9.79. The van der Waals surface area contributed by atoms with Crippen LogP contribution in [0.2, 0.25) is 0 Å². The van der Waals surface area contributed by atoms with Gasteiger partial charge in [0, 0.05) is 25.5 Å². The summed E-state index contributed by atoms with van der Waals surface area (Å²) in [6.07, 6.45) is 3.70. The lowest BCUT2D eigenvalue weighted by Gasteiger charge is -2.28. The van der Waals surface area contributed by atoms with Gasteiger partial charge in [-0.2, -0.15) is 5.10 Å². The zero-order chi connectivity index (χ0) is 14.8. The Balaban J connectivity index is 2.02. The molecule has 1 heterocycles. The number of carbonyl (C=O) groups excluding carboxylic acids is 2. The third-order valence-corrected chi connectivity index (χ3v) is 3.99. The smallest absolute Gasteiger partial charge is 0.226 e. The Labute approximate surface area is 118 Å². The molecule has 2 rings (SSSR count). The number of nitrogens with one attached hydrogen (secondary N) is 1.